The van der Waals surface area contributed by atoms with Gasteiger partial charge < -0.3 is 4.90 Å². The predicted octanol–water partition coefficient (Wildman–Crippen LogP) is 0.576. The lowest BCUT2D eigenvalue weighted by molar-refractivity contribution is 0.0733. The van der Waals surface area contributed by atoms with Gasteiger partial charge in [-0.1, -0.05) is 0 Å². The Morgan fingerprint density at radius 2 is 1.71 bits per heavy atom. The van der Waals surface area contributed by atoms with Gasteiger partial charge >= 0.3 is 0 Å². The number of nitrogens with one attached hydrogen (secondary N) is 1. The third-order valence-electron chi connectivity index (χ3n) is 3.81. The Kier molecular flexibility index (Phi) is 7.06. The molecule has 1 N–H and O–H groups in total. The minimum absolute atomic E-state index is 0.0706. The van der Waals surface area contributed by atoms with Crippen LogP contribution in [0.25, 0.3) is 0 Å². The highest BCUT2D eigenvalue weighted by atomic mass is 32.2. The molecule has 1 aliphatic heterocycles. The molecule has 21 heavy (non-hydrogen) atoms. The van der Waals surface area contributed by atoms with Crippen LogP contribution in [0.3, 0.4) is 0 Å². The number of rotatable bonds is 7. The molecule has 6 nitrogen and oxygen atoms in total. The number of hydrogen-bond acceptors (Lipinski definition) is 4. The summed E-state index contributed by atoms with van der Waals surface area (Å²) >= 11 is 0. The lowest BCUT2D eigenvalue weighted by atomic mass is 10.1. The topological polar surface area (TPSA) is 55.9 Å². The molecule has 0 aromatic rings. The molecule has 0 aliphatic carbocycles. The molecule has 1 aliphatic rings. The molecule has 0 radical (unpaired) electrons. The highest BCUT2D eigenvalue weighted by molar-refractivity contribution is 7.87. The van der Waals surface area contributed by atoms with Crippen molar-refractivity contribution in [3.8, 4) is 0 Å². The molecule has 0 spiro atoms. The molecule has 0 aromatic heterocycles. The Morgan fingerprint density at radius 3 is 2.14 bits per heavy atom. The first-order chi connectivity index (χ1) is 9.63. The minimum Gasteiger partial charge on any atom is -0.309 e. The van der Waals surface area contributed by atoms with Gasteiger partial charge in [-0.25, -0.2) is 0 Å². The fourth-order valence-corrected chi connectivity index (χ4v) is 4.46. The zero-order chi connectivity index (χ0) is 16.2. The summed E-state index contributed by atoms with van der Waals surface area (Å²) in [7, 11) is 0.799. The second-order valence-corrected chi connectivity index (χ2v) is 8.39. The van der Waals surface area contributed by atoms with Crippen LogP contribution < -0.4 is 4.72 Å². The van der Waals surface area contributed by atoms with Crippen LogP contribution in [-0.4, -0.2) is 80.9 Å². The Morgan fingerprint density at radius 1 is 1.19 bits per heavy atom. The fraction of sp³-hybridized carbons (Fsp3) is 1.00. The van der Waals surface area contributed by atoms with E-state index in [4.69, 9.17) is 0 Å². The first-order valence-corrected chi connectivity index (χ1v) is 9.25. The third-order valence-corrected chi connectivity index (χ3v) is 5.56. The molecule has 1 saturated heterocycles. The van der Waals surface area contributed by atoms with E-state index in [9.17, 15) is 8.42 Å². The summed E-state index contributed by atoms with van der Waals surface area (Å²) < 4.78 is 28.8. The van der Waals surface area contributed by atoms with Gasteiger partial charge in [0.2, 0.25) is 0 Å². The van der Waals surface area contributed by atoms with E-state index in [1.165, 1.54) is 0 Å². The molecule has 0 amide bonds. The van der Waals surface area contributed by atoms with Crippen molar-refractivity contribution in [2.24, 2.45) is 0 Å². The Labute approximate surface area is 130 Å². The summed E-state index contributed by atoms with van der Waals surface area (Å²) in [5, 5.41) is 0. The molecule has 2 atom stereocenters. The van der Waals surface area contributed by atoms with Crippen molar-refractivity contribution in [1.82, 2.24) is 18.8 Å². The first kappa shape index (κ1) is 18.8. The molecular weight excluding hydrogens is 288 g/mol. The van der Waals surface area contributed by atoms with Crippen molar-refractivity contribution in [3.05, 3.63) is 0 Å². The SMILES string of the molecule is CC(C)NS(=O)(=O)N1CC(C)N(CCCN(C)C)C(C)C1. The molecule has 0 bridgehead atoms. The van der Waals surface area contributed by atoms with Gasteiger partial charge in [-0.05, 0) is 54.8 Å². The Balaban J connectivity index is 2.61. The number of piperazine rings is 1. The van der Waals surface area contributed by atoms with E-state index in [2.05, 4.69) is 42.5 Å². The smallest absolute Gasteiger partial charge is 0.279 e. The van der Waals surface area contributed by atoms with Crippen molar-refractivity contribution >= 4 is 10.2 Å². The monoisotopic (exact) mass is 320 g/mol. The van der Waals surface area contributed by atoms with Gasteiger partial charge in [0, 0.05) is 37.8 Å². The van der Waals surface area contributed by atoms with Gasteiger partial charge in [0.15, 0.2) is 0 Å². The van der Waals surface area contributed by atoms with Crippen LogP contribution in [0, 0.1) is 0 Å². The molecule has 1 heterocycles. The second kappa shape index (κ2) is 7.87. The van der Waals surface area contributed by atoms with E-state index in [1.807, 2.05) is 13.8 Å². The van der Waals surface area contributed by atoms with Gasteiger partial charge in [-0.3, -0.25) is 4.90 Å². The number of hydrogen-bond donors (Lipinski definition) is 1. The first-order valence-electron chi connectivity index (χ1n) is 7.81. The van der Waals surface area contributed by atoms with Gasteiger partial charge in [0.05, 0.1) is 0 Å². The average molecular weight is 321 g/mol. The zero-order valence-electron chi connectivity index (χ0n) is 14.3. The maximum atomic E-state index is 12.3. The summed E-state index contributed by atoms with van der Waals surface area (Å²) in [5.41, 5.74) is 0. The summed E-state index contributed by atoms with van der Waals surface area (Å²) in [5.74, 6) is 0. The van der Waals surface area contributed by atoms with Crippen LogP contribution in [0.2, 0.25) is 0 Å². The van der Waals surface area contributed by atoms with E-state index in [0.717, 1.165) is 19.5 Å². The molecule has 0 saturated carbocycles. The summed E-state index contributed by atoms with van der Waals surface area (Å²) in [4.78, 5) is 4.60. The highest BCUT2D eigenvalue weighted by Crippen LogP contribution is 2.18. The molecule has 1 fully saturated rings. The van der Waals surface area contributed by atoms with Crippen molar-refractivity contribution in [2.45, 2.75) is 52.2 Å². The molecule has 1 rings (SSSR count). The van der Waals surface area contributed by atoms with E-state index in [-0.39, 0.29) is 18.1 Å². The summed E-state index contributed by atoms with van der Waals surface area (Å²) in [6.07, 6.45) is 1.11. The molecule has 7 heteroatoms. The van der Waals surface area contributed by atoms with Crippen LogP contribution in [0.1, 0.15) is 34.1 Å². The summed E-state index contributed by atoms with van der Waals surface area (Å²) in [6, 6.07) is 0.429. The van der Waals surface area contributed by atoms with Crippen LogP contribution in [0.15, 0.2) is 0 Å². The van der Waals surface area contributed by atoms with Crippen LogP contribution in [0.4, 0.5) is 0 Å². The normalized spacial score (nSPS) is 25.9. The summed E-state index contributed by atoms with van der Waals surface area (Å²) in [6.45, 7) is 11.1. The quantitative estimate of drug-likeness (QED) is 0.745. The molecule has 0 aromatic carbocycles. The van der Waals surface area contributed by atoms with Gasteiger partial charge in [-0.15, -0.1) is 0 Å². The fourth-order valence-electron chi connectivity index (χ4n) is 2.89. The lowest BCUT2D eigenvalue weighted by Gasteiger charge is -2.44. The van der Waals surface area contributed by atoms with E-state index in [1.54, 1.807) is 4.31 Å². The van der Waals surface area contributed by atoms with Crippen molar-refractivity contribution < 1.29 is 8.42 Å². The molecule has 2 unspecified atom stereocenters. The average Bonchev–Trinajstić information content (AvgIpc) is 2.30. The zero-order valence-corrected chi connectivity index (χ0v) is 15.2. The highest BCUT2D eigenvalue weighted by Gasteiger charge is 2.35. The molecular formula is C14H32N4O2S. The van der Waals surface area contributed by atoms with Crippen LogP contribution in [-0.2, 0) is 10.2 Å². The largest absolute Gasteiger partial charge is 0.309 e. The maximum absolute atomic E-state index is 12.3. The van der Waals surface area contributed by atoms with Crippen molar-refractivity contribution in [1.29, 1.82) is 0 Å². The lowest BCUT2D eigenvalue weighted by Crippen LogP contribution is -2.60. The molecule has 126 valence electrons. The maximum Gasteiger partial charge on any atom is 0.279 e. The van der Waals surface area contributed by atoms with Crippen molar-refractivity contribution in [3.63, 3.8) is 0 Å². The van der Waals surface area contributed by atoms with E-state index < -0.39 is 10.2 Å². The van der Waals surface area contributed by atoms with Crippen LogP contribution in [0.5, 0.6) is 0 Å². The van der Waals surface area contributed by atoms with Crippen molar-refractivity contribution in [2.75, 3.05) is 40.3 Å². The van der Waals surface area contributed by atoms with E-state index in [0.29, 0.717) is 13.1 Å². The predicted molar refractivity (Wildman–Crippen MR) is 87.6 cm³/mol. The standard InChI is InChI=1S/C14H32N4O2S/c1-12(2)15-21(19,20)17-10-13(3)18(14(4)11-17)9-7-8-16(5)6/h12-15H,7-11H2,1-6H3. The van der Waals surface area contributed by atoms with Gasteiger partial charge in [0.25, 0.3) is 10.2 Å². The van der Waals surface area contributed by atoms with Gasteiger partial charge in [-0.2, -0.15) is 17.4 Å². The Bertz CT molecular complexity index is 399. The third kappa shape index (κ3) is 5.83. The second-order valence-electron chi connectivity index (χ2n) is 6.69. The van der Waals surface area contributed by atoms with E-state index >= 15 is 0 Å². The minimum atomic E-state index is -3.36. The van der Waals surface area contributed by atoms with Gasteiger partial charge in [0.1, 0.15) is 0 Å². The number of nitrogens with zero attached hydrogens (tertiary/aromatic N) is 3. The van der Waals surface area contributed by atoms with Crippen LogP contribution >= 0.6 is 0 Å². The Hall–Kier alpha value is -0.210.